The summed E-state index contributed by atoms with van der Waals surface area (Å²) in [5.41, 5.74) is 2.18. The number of aromatic nitrogens is 2. The van der Waals surface area contributed by atoms with Gasteiger partial charge in [-0.05, 0) is 31.2 Å². The number of carbonyl (C=O) groups is 1. The average molecular weight is 351 g/mol. The van der Waals surface area contributed by atoms with Crippen molar-refractivity contribution in [3.05, 3.63) is 76.3 Å². The summed E-state index contributed by atoms with van der Waals surface area (Å²) < 4.78 is 7.06. The maximum atomic E-state index is 12.7. The van der Waals surface area contributed by atoms with Crippen LogP contribution in [0.15, 0.2) is 59.5 Å². The fourth-order valence-electron chi connectivity index (χ4n) is 3.00. The first-order chi connectivity index (χ1) is 12.6. The molecule has 0 aliphatic heterocycles. The number of aryl methyl sites for hydroxylation is 1. The van der Waals surface area contributed by atoms with Gasteiger partial charge in [0.2, 0.25) is 5.91 Å². The SMILES string of the molecule is COC[C@H](NC(=O)Cn1c(C)cc(=O)c2ccccc21)c1ccccn1. The Morgan fingerprint density at radius 3 is 2.73 bits per heavy atom. The van der Waals surface area contributed by atoms with Crippen LogP contribution in [0.2, 0.25) is 0 Å². The Bertz CT molecular complexity index is 967. The van der Waals surface area contributed by atoms with Crippen molar-refractivity contribution in [1.82, 2.24) is 14.9 Å². The van der Waals surface area contributed by atoms with Crippen molar-refractivity contribution < 1.29 is 9.53 Å². The van der Waals surface area contributed by atoms with E-state index in [9.17, 15) is 9.59 Å². The van der Waals surface area contributed by atoms with Gasteiger partial charge in [-0.2, -0.15) is 0 Å². The standard InChI is InChI=1S/C20H21N3O3/c1-14-11-19(24)15-7-3-4-9-18(15)23(14)12-20(25)22-17(13-26-2)16-8-5-6-10-21-16/h3-11,17H,12-13H2,1-2H3,(H,22,25)/t17-/m0/s1. The first-order valence-corrected chi connectivity index (χ1v) is 8.38. The van der Waals surface area contributed by atoms with E-state index < -0.39 is 0 Å². The molecule has 2 aromatic heterocycles. The summed E-state index contributed by atoms with van der Waals surface area (Å²) in [7, 11) is 1.58. The molecule has 0 bridgehead atoms. The number of para-hydroxylation sites is 1. The number of benzene rings is 1. The zero-order valence-electron chi connectivity index (χ0n) is 14.8. The number of fused-ring (bicyclic) bond motifs is 1. The molecule has 3 aromatic rings. The molecule has 0 aliphatic rings. The van der Waals surface area contributed by atoms with Crippen molar-refractivity contribution in [1.29, 1.82) is 0 Å². The van der Waals surface area contributed by atoms with Crippen LogP contribution < -0.4 is 10.7 Å². The predicted octanol–water partition coefficient (Wildman–Crippen LogP) is 2.21. The summed E-state index contributed by atoms with van der Waals surface area (Å²) in [6, 6.07) is 14.1. The lowest BCUT2D eigenvalue weighted by molar-refractivity contribution is -0.122. The number of ether oxygens (including phenoxy) is 1. The van der Waals surface area contributed by atoms with Gasteiger partial charge in [-0.3, -0.25) is 14.6 Å². The summed E-state index contributed by atoms with van der Waals surface area (Å²) in [6.45, 7) is 2.26. The fraction of sp³-hybridized carbons (Fsp3) is 0.250. The minimum absolute atomic E-state index is 0.0412. The van der Waals surface area contributed by atoms with Gasteiger partial charge in [-0.25, -0.2) is 0 Å². The van der Waals surface area contributed by atoms with Crippen LogP contribution in [-0.2, 0) is 16.1 Å². The Morgan fingerprint density at radius 2 is 2.00 bits per heavy atom. The van der Waals surface area contributed by atoms with E-state index in [0.29, 0.717) is 12.0 Å². The summed E-state index contributed by atoms with van der Waals surface area (Å²) in [5.74, 6) is -0.172. The number of rotatable bonds is 6. The van der Waals surface area contributed by atoms with E-state index >= 15 is 0 Å². The van der Waals surface area contributed by atoms with Crippen molar-refractivity contribution in [2.24, 2.45) is 0 Å². The fourth-order valence-corrected chi connectivity index (χ4v) is 3.00. The maximum Gasteiger partial charge on any atom is 0.240 e. The van der Waals surface area contributed by atoms with E-state index in [2.05, 4.69) is 10.3 Å². The second-order valence-electron chi connectivity index (χ2n) is 6.08. The van der Waals surface area contributed by atoms with E-state index in [0.717, 1.165) is 16.9 Å². The van der Waals surface area contributed by atoms with Gasteiger partial charge >= 0.3 is 0 Å². The lowest BCUT2D eigenvalue weighted by Crippen LogP contribution is -2.35. The highest BCUT2D eigenvalue weighted by atomic mass is 16.5. The van der Waals surface area contributed by atoms with Crippen LogP contribution in [0.25, 0.3) is 10.9 Å². The van der Waals surface area contributed by atoms with Crippen LogP contribution in [0.1, 0.15) is 17.4 Å². The van der Waals surface area contributed by atoms with Crippen LogP contribution in [0, 0.1) is 6.92 Å². The molecule has 26 heavy (non-hydrogen) atoms. The molecule has 1 aromatic carbocycles. The van der Waals surface area contributed by atoms with E-state index in [-0.39, 0.29) is 23.9 Å². The number of carbonyl (C=O) groups excluding carboxylic acids is 1. The monoisotopic (exact) mass is 351 g/mol. The van der Waals surface area contributed by atoms with Gasteiger partial charge in [0.15, 0.2) is 5.43 Å². The highest BCUT2D eigenvalue weighted by Gasteiger charge is 2.17. The van der Waals surface area contributed by atoms with Crippen LogP contribution in [-0.4, -0.2) is 29.2 Å². The van der Waals surface area contributed by atoms with Crippen LogP contribution in [0.3, 0.4) is 0 Å². The predicted molar refractivity (Wildman–Crippen MR) is 99.9 cm³/mol. The minimum Gasteiger partial charge on any atom is -0.382 e. The second kappa shape index (κ2) is 7.93. The number of hydrogen-bond donors (Lipinski definition) is 1. The number of amides is 1. The molecule has 1 N–H and O–H groups in total. The molecule has 1 atom stereocenters. The minimum atomic E-state index is -0.334. The molecule has 0 fully saturated rings. The molecule has 0 saturated heterocycles. The quantitative estimate of drug-likeness (QED) is 0.739. The molecule has 6 nitrogen and oxygen atoms in total. The second-order valence-corrected chi connectivity index (χ2v) is 6.08. The summed E-state index contributed by atoms with van der Waals surface area (Å²) in [6.07, 6.45) is 1.68. The first-order valence-electron chi connectivity index (χ1n) is 8.38. The topological polar surface area (TPSA) is 73.2 Å². The lowest BCUT2D eigenvalue weighted by Gasteiger charge is -2.19. The Hall–Kier alpha value is -2.99. The summed E-state index contributed by atoms with van der Waals surface area (Å²) >= 11 is 0. The Balaban J connectivity index is 1.86. The molecule has 0 saturated carbocycles. The Kier molecular flexibility index (Phi) is 5.43. The summed E-state index contributed by atoms with van der Waals surface area (Å²) in [5, 5.41) is 3.56. The molecule has 6 heteroatoms. The number of nitrogens with zero attached hydrogens (tertiary/aromatic N) is 2. The number of nitrogens with one attached hydrogen (secondary N) is 1. The van der Waals surface area contributed by atoms with Crippen molar-refractivity contribution in [3.63, 3.8) is 0 Å². The van der Waals surface area contributed by atoms with E-state index in [1.54, 1.807) is 25.4 Å². The molecule has 0 radical (unpaired) electrons. The molecular weight excluding hydrogens is 330 g/mol. The highest BCUT2D eigenvalue weighted by Crippen LogP contribution is 2.14. The molecule has 0 aliphatic carbocycles. The molecule has 0 spiro atoms. The molecule has 1 amide bonds. The lowest BCUT2D eigenvalue weighted by atomic mass is 10.1. The van der Waals surface area contributed by atoms with Crippen molar-refractivity contribution >= 4 is 16.8 Å². The van der Waals surface area contributed by atoms with Gasteiger partial charge in [-0.1, -0.05) is 18.2 Å². The maximum absolute atomic E-state index is 12.7. The third-order valence-electron chi connectivity index (χ3n) is 4.24. The Labute approximate surface area is 151 Å². The van der Waals surface area contributed by atoms with Crippen molar-refractivity contribution in [3.8, 4) is 0 Å². The third kappa shape index (κ3) is 3.81. The van der Waals surface area contributed by atoms with E-state index in [1.165, 1.54) is 0 Å². The van der Waals surface area contributed by atoms with Gasteiger partial charge in [-0.15, -0.1) is 0 Å². The molecule has 134 valence electrons. The first kappa shape index (κ1) is 17.8. The van der Waals surface area contributed by atoms with Gasteiger partial charge in [0.25, 0.3) is 0 Å². The highest BCUT2D eigenvalue weighted by molar-refractivity contribution is 5.82. The molecule has 0 unspecified atom stereocenters. The van der Waals surface area contributed by atoms with Gasteiger partial charge in [0.1, 0.15) is 6.54 Å². The van der Waals surface area contributed by atoms with Gasteiger partial charge in [0.05, 0.1) is 23.9 Å². The average Bonchev–Trinajstić information content (AvgIpc) is 2.65. The van der Waals surface area contributed by atoms with E-state index in [1.807, 2.05) is 47.9 Å². The van der Waals surface area contributed by atoms with Crippen molar-refractivity contribution in [2.45, 2.75) is 19.5 Å². The Morgan fingerprint density at radius 1 is 1.23 bits per heavy atom. The molecule has 3 rings (SSSR count). The smallest absolute Gasteiger partial charge is 0.240 e. The largest absolute Gasteiger partial charge is 0.382 e. The van der Waals surface area contributed by atoms with Crippen molar-refractivity contribution in [2.75, 3.05) is 13.7 Å². The normalized spacial score (nSPS) is 12.1. The van der Waals surface area contributed by atoms with Crippen LogP contribution in [0.4, 0.5) is 0 Å². The zero-order chi connectivity index (χ0) is 18.5. The third-order valence-corrected chi connectivity index (χ3v) is 4.24. The molecule has 2 heterocycles. The number of hydrogen-bond acceptors (Lipinski definition) is 4. The van der Waals surface area contributed by atoms with Crippen LogP contribution >= 0.6 is 0 Å². The number of methoxy groups -OCH3 is 1. The molecular formula is C20H21N3O3. The van der Waals surface area contributed by atoms with Gasteiger partial charge in [0, 0.05) is 30.5 Å². The number of pyridine rings is 2. The van der Waals surface area contributed by atoms with E-state index in [4.69, 9.17) is 4.74 Å². The summed E-state index contributed by atoms with van der Waals surface area (Å²) in [4.78, 5) is 29.1. The van der Waals surface area contributed by atoms with Gasteiger partial charge < -0.3 is 14.6 Å². The zero-order valence-corrected chi connectivity index (χ0v) is 14.8. The van der Waals surface area contributed by atoms with Crippen LogP contribution in [0.5, 0.6) is 0 Å².